The number of ether oxygens (including phenoxy) is 2. The van der Waals surface area contributed by atoms with Crippen LogP contribution < -0.4 is 15.2 Å². The van der Waals surface area contributed by atoms with Crippen LogP contribution in [0.4, 0.5) is 0 Å². The minimum Gasteiger partial charge on any atom is -0.490 e. The molecule has 106 valence electrons. The van der Waals surface area contributed by atoms with Gasteiger partial charge in [-0.15, -0.1) is 0 Å². The Hall–Kier alpha value is -1.75. The summed E-state index contributed by atoms with van der Waals surface area (Å²) in [6, 6.07) is 4.76. The van der Waals surface area contributed by atoms with E-state index >= 15 is 0 Å². The van der Waals surface area contributed by atoms with Crippen molar-refractivity contribution in [1.29, 1.82) is 0 Å². The predicted octanol–water partition coefficient (Wildman–Crippen LogP) is 1.83. The molecule has 0 spiro atoms. The molecule has 1 aromatic carbocycles. The Morgan fingerprint density at radius 2 is 2.00 bits per heavy atom. The van der Waals surface area contributed by atoms with Crippen molar-refractivity contribution in [2.45, 2.75) is 32.7 Å². The van der Waals surface area contributed by atoms with E-state index in [4.69, 9.17) is 20.3 Å². The van der Waals surface area contributed by atoms with Crippen molar-refractivity contribution in [3.05, 3.63) is 23.8 Å². The fourth-order valence-corrected chi connectivity index (χ4v) is 1.77. The van der Waals surface area contributed by atoms with Crippen LogP contribution in [-0.2, 0) is 11.2 Å². The summed E-state index contributed by atoms with van der Waals surface area (Å²) in [4.78, 5) is 10.7. The largest absolute Gasteiger partial charge is 0.490 e. The van der Waals surface area contributed by atoms with Gasteiger partial charge in [-0.1, -0.05) is 12.1 Å². The molecule has 3 N–H and O–H groups in total. The van der Waals surface area contributed by atoms with Crippen LogP contribution in [0.2, 0.25) is 0 Å². The third-order valence-corrected chi connectivity index (χ3v) is 2.69. The average molecular weight is 267 g/mol. The molecule has 0 aliphatic carbocycles. The summed E-state index contributed by atoms with van der Waals surface area (Å²) in [5, 5.41) is 8.79. The number of hydrogen-bond donors (Lipinski definition) is 2. The number of carboxylic acid groups (broad SMARTS) is 1. The maximum atomic E-state index is 10.7. The summed E-state index contributed by atoms with van der Waals surface area (Å²) in [5.74, 6) is 0.383. The Kier molecular flexibility index (Phi) is 6.15. The first-order valence-electron chi connectivity index (χ1n) is 6.46. The molecule has 5 nitrogen and oxygen atoms in total. The highest BCUT2D eigenvalue weighted by molar-refractivity contribution is 5.73. The molecule has 0 aromatic heterocycles. The van der Waals surface area contributed by atoms with Crippen molar-refractivity contribution in [3.63, 3.8) is 0 Å². The molecule has 0 fully saturated rings. The Morgan fingerprint density at radius 3 is 2.58 bits per heavy atom. The molecule has 0 radical (unpaired) electrons. The first-order valence-corrected chi connectivity index (χ1v) is 6.46. The maximum absolute atomic E-state index is 10.7. The second-order valence-electron chi connectivity index (χ2n) is 4.09. The number of rotatable bonds is 8. The SMILES string of the molecule is CCOc1cccc(CCC(N)C(=O)O)c1OCC. The zero-order valence-electron chi connectivity index (χ0n) is 11.4. The number of hydrogen-bond acceptors (Lipinski definition) is 4. The lowest BCUT2D eigenvalue weighted by molar-refractivity contribution is -0.138. The zero-order chi connectivity index (χ0) is 14.3. The van der Waals surface area contributed by atoms with Gasteiger partial charge in [-0.25, -0.2) is 0 Å². The van der Waals surface area contributed by atoms with E-state index in [-0.39, 0.29) is 0 Å². The van der Waals surface area contributed by atoms with Gasteiger partial charge < -0.3 is 20.3 Å². The second kappa shape index (κ2) is 7.63. The molecule has 1 rings (SSSR count). The van der Waals surface area contributed by atoms with Gasteiger partial charge in [0.2, 0.25) is 0 Å². The summed E-state index contributed by atoms with van der Waals surface area (Å²) in [5.41, 5.74) is 6.43. The minimum absolute atomic E-state index is 0.366. The van der Waals surface area contributed by atoms with Gasteiger partial charge in [0, 0.05) is 0 Å². The molecule has 5 heteroatoms. The predicted molar refractivity (Wildman–Crippen MR) is 72.7 cm³/mol. The first-order chi connectivity index (χ1) is 9.10. The molecule has 0 amide bonds. The van der Waals surface area contributed by atoms with Crippen molar-refractivity contribution < 1.29 is 19.4 Å². The lowest BCUT2D eigenvalue weighted by atomic mass is 10.0. The summed E-state index contributed by atoms with van der Waals surface area (Å²) >= 11 is 0. The summed E-state index contributed by atoms with van der Waals surface area (Å²) in [6.45, 7) is 4.89. The van der Waals surface area contributed by atoms with Crippen LogP contribution in [-0.4, -0.2) is 30.3 Å². The van der Waals surface area contributed by atoms with E-state index in [1.54, 1.807) is 0 Å². The van der Waals surface area contributed by atoms with E-state index in [2.05, 4.69) is 0 Å². The minimum atomic E-state index is -0.987. The number of nitrogens with two attached hydrogens (primary N) is 1. The standard InChI is InChI=1S/C14H21NO4/c1-3-18-12-7-5-6-10(13(12)19-4-2)8-9-11(15)14(16)17/h5-7,11H,3-4,8-9,15H2,1-2H3,(H,16,17). The number of aryl methyl sites for hydroxylation is 1. The number of aliphatic carboxylic acids is 1. The molecule has 0 bridgehead atoms. The topological polar surface area (TPSA) is 81.8 Å². The maximum Gasteiger partial charge on any atom is 0.320 e. The van der Waals surface area contributed by atoms with Gasteiger partial charge in [-0.2, -0.15) is 0 Å². The highest BCUT2D eigenvalue weighted by Crippen LogP contribution is 2.32. The Balaban J connectivity index is 2.86. The molecular formula is C14H21NO4. The lowest BCUT2D eigenvalue weighted by Gasteiger charge is -2.15. The van der Waals surface area contributed by atoms with Gasteiger partial charge in [-0.05, 0) is 38.3 Å². The number of carboxylic acids is 1. The quantitative estimate of drug-likeness (QED) is 0.751. The van der Waals surface area contributed by atoms with Crippen LogP contribution in [0.25, 0.3) is 0 Å². The van der Waals surface area contributed by atoms with Crippen molar-refractivity contribution >= 4 is 5.97 Å². The normalized spacial score (nSPS) is 11.9. The van der Waals surface area contributed by atoms with Crippen molar-refractivity contribution in [3.8, 4) is 11.5 Å². The summed E-state index contributed by atoms with van der Waals surface area (Å²) < 4.78 is 11.1. The van der Waals surface area contributed by atoms with Gasteiger partial charge in [0.1, 0.15) is 6.04 Å². The van der Waals surface area contributed by atoms with Crippen LogP contribution in [0, 0.1) is 0 Å². The zero-order valence-corrected chi connectivity index (χ0v) is 11.4. The molecule has 0 aliphatic rings. The second-order valence-corrected chi connectivity index (χ2v) is 4.09. The monoisotopic (exact) mass is 267 g/mol. The third kappa shape index (κ3) is 4.44. The van der Waals surface area contributed by atoms with Crippen LogP contribution in [0.1, 0.15) is 25.8 Å². The molecular weight excluding hydrogens is 246 g/mol. The molecule has 0 saturated carbocycles. The van der Waals surface area contributed by atoms with Crippen molar-refractivity contribution in [2.75, 3.05) is 13.2 Å². The fraction of sp³-hybridized carbons (Fsp3) is 0.500. The molecule has 19 heavy (non-hydrogen) atoms. The van der Waals surface area contributed by atoms with Crippen LogP contribution in [0.5, 0.6) is 11.5 Å². The van der Waals surface area contributed by atoms with Gasteiger partial charge >= 0.3 is 5.97 Å². The molecule has 0 aliphatic heterocycles. The molecule has 1 aromatic rings. The molecule has 1 atom stereocenters. The van der Waals surface area contributed by atoms with E-state index in [9.17, 15) is 4.79 Å². The van der Waals surface area contributed by atoms with E-state index in [0.29, 0.717) is 37.6 Å². The van der Waals surface area contributed by atoms with E-state index in [0.717, 1.165) is 5.56 Å². The van der Waals surface area contributed by atoms with E-state index in [1.807, 2.05) is 32.0 Å². The number of benzene rings is 1. The smallest absolute Gasteiger partial charge is 0.320 e. The Morgan fingerprint density at radius 1 is 1.32 bits per heavy atom. The first kappa shape index (κ1) is 15.3. The Bertz CT molecular complexity index is 420. The van der Waals surface area contributed by atoms with Crippen molar-refractivity contribution in [1.82, 2.24) is 0 Å². The van der Waals surface area contributed by atoms with Crippen LogP contribution in [0.15, 0.2) is 18.2 Å². The summed E-state index contributed by atoms with van der Waals surface area (Å²) in [6.07, 6.45) is 0.911. The van der Waals surface area contributed by atoms with Gasteiger partial charge in [-0.3, -0.25) is 4.79 Å². The third-order valence-electron chi connectivity index (χ3n) is 2.69. The lowest BCUT2D eigenvalue weighted by Crippen LogP contribution is -2.30. The van der Waals surface area contributed by atoms with Crippen LogP contribution >= 0.6 is 0 Å². The highest BCUT2D eigenvalue weighted by Gasteiger charge is 2.15. The fourth-order valence-electron chi connectivity index (χ4n) is 1.77. The Labute approximate surface area is 113 Å². The molecule has 0 saturated heterocycles. The average Bonchev–Trinajstić information content (AvgIpc) is 2.39. The van der Waals surface area contributed by atoms with E-state index in [1.165, 1.54) is 0 Å². The van der Waals surface area contributed by atoms with Crippen LogP contribution in [0.3, 0.4) is 0 Å². The van der Waals surface area contributed by atoms with Gasteiger partial charge in [0.25, 0.3) is 0 Å². The van der Waals surface area contributed by atoms with E-state index < -0.39 is 12.0 Å². The highest BCUT2D eigenvalue weighted by atomic mass is 16.5. The van der Waals surface area contributed by atoms with Gasteiger partial charge in [0.05, 0.1) is 13.2 Å². The number of para-hydroxylation sites is 1. The van der Waals surface area contributed by atoms with Crippen molar-refractivity contribution in [2.24, 2.45) is 5.73 Å². The molecule has 0 heterocycles. The molecule has 1 unspecified atom stereocenters. The van der Waals surface area contributed by atoms with Gasteiger partial charge in [0.15, 0.2) is 11.5 Å². The number of carbonyl (C=O) groups is 1. The summed E-state index contributed by atoms with van der Waals surface area (Å²) in [7, 11) is 0.